The van der Waals surface area contributed by atoms with Gasteiger partial charge in [0.25, 0.3) is 0 Å². The smallest absolute Gasteiger partial charge is 0.318 e. The van der Waals surface area contributed by atoms with Crippen LogP contribution in [0.25, 0.3) is 0 Å². The topological polar surface area (TPSA) is 132 Å². The van der Waals surface area contributed by atoms with E-state index in [1.807, 2.05) is 38.1 Å². The number of halogens is 2. The first-order valence-corrected chi connectivity index (χ1v) is 10.7. The van der Waals surface area contributed by atoms with Gasteiger partial charge in [-0.1, -0.05) is 40.9 Å². The van der Waals surface area contributed by atoms with E-state index in [-0.39, 0.29) is 12.5 Å². The summed E-state index contributed by atoms with van der Waals surface area (Å²) >= 11 is 12.9. The van der Waals surface area contributed by atoms with E-state index in [0.29, 0.717) is 23.3 Å². The molecule has 170 valence electrons. The van der Waals surface area contributed by atoms with Gasteiger partial charge in [-0.3, -0.25) is 4.79 Å². The highest BCUT2D eigenvalue weighted by Gasteiger charge is 2.07. The van der Waals surface area contributed by atoms with Crippen molar-refractivity contribution < 1.29 is 19.5 Å². The van der Waals surface area contributed by atoms with E-state index >= 15 is 0 Å². The molecule has 0 saturated carbocycles. The van der Waals surface area contributed by atoms with E-state index in [2.05, 4.69) is 9.88 Å². The number of carboxylic acid groups (broad SMARTS) is 1. The number of rotatable bonds is 10. The number of nitrogens with one attached hydrogen (secondary N) is 1. The maximum Gasteiger partial charge on any atom is 0.318 e. The first kappa shape index (κ1) is 26.7. The van der Waals surface area contributed by atoms with Gasteiger partial charge in [-0.15, -0.1) is 0 Å². The lowest BCUT2D eigenvalue weighted by Crippen LogP contribution is -2.23. The molecule has 0 aliphatic rings. The van der Waals surface area contributed by atoms with Crippen LogP contribution in [-0.2, 0) is 9.63 Å². The number of carboxylic acids is 1. The van der Waals surface area contributed by atoms with Crippen LogP contribution < -0.4 is 20.9 Å². The maximum absolute atomic E-state index is 10.3. The van der Waals surface area contributed by atoms with E-state index in [4.69, 9.17) is 49.4 Å². The fourth-order valence-electron chi connectivity index (χ4n) is 2.06. The summed E-state index contributed by atoms with van der Waals surface area (Å²) in [4.78, 5) is 15.9. The average molecular weight is 489 g/mol. The number of nitrogens with two attached hydrogens (primary N) is 2. The average Bonchev–Trinajstić information content (AvgIpc) is 2.68. The summed E-state index contributed by atoms with van der Waals surface area (Å²) in [6.45, 7) is 4.78. The fourth-order valence-corrected chi connectivity index (χ4v) is 3.48. The molecule has 0 radical (unpaired) electrons. The second-order valence-corrected chi connectivity index (χ2v) is 7.96. The number of aliphatic carboxylic acids is 1. The van der Waals surface area contributed by atoms with E-state index < -0.39 is 5.97 Å². The van der Waals surface area contributed by atoms with Crippen LogP contribution in [0, 0.1) is 13.8 Å². The number of oxime groups is 1. The molecule has 0 aromatic heterocycles. The first-order chi connectivity index (χ1) is 14.7. The molecule has 8 nitrogen and oxygen atoms in total. The number of ether oxygens (including phenoxy) is 1. The molecule has 2 aromatic rings. The molecule has 0 aliphatic heterocycles. The van der Waals surface area contributed by atoms with Crippen molar-refractivity contribution in [1.29, 1.82) is 0 Å². The third-order valence-corrected chi connectivity index (χ3v) is 5.09. The molecular formula is C20H26Cl2N4O4S. The van der Waals surface area contributed by atoms with E-state index in [1.54, 1.807) is 12.1 Å². The van der Waals surface area contributed by atoms with Gasteiger partial charge in [0.15, 0.2) is 0 Å². The number of hydrogen-bond acceptors (Lipinski definition) is 6. The van der Waals surface area contributed by atoms with Crippen molar-refractivity contribution in [2.45, 2.75) is 25.2 Å². The number of nitrogens with zero attached hydrogens (tertiary/aromatic N) is 1. The maximum atomic E-state index is 10.3. The van der Waals surface area contributed by atoms with Crippen molar-refractivity contribution in [2.24, 2.45) is 16.6 Å². The summed E-state index contributed by atoms with van der Waals surface area (Å²) < 4.78 is 8.17. The second-order valence-electron chi connectivity index (χ2n) is 6.21. The summed E-state index contributed by atoms with van der Waals surface area (Å²) in [5, 5.41) is 12.9. The molecule has 0 amide bonds. The van der Waals surface area contributed by atoms with Gasteiger partial charge in [-0.05, 0) is 60.8 Å². The molecule has 0 saturated heterocycles. The van der Waals surface area contributed by atoms with Crippen molar-refractivity contribution in [3.05, 3.63) is 57.6 Å². The SMILES string of the molecule is Cc1cc(Cl)cc(Cl)c1SNCC(=O)O.Cc1ccc(OCCCON=C(N)N)cc1. The molecule has 2 rings (SSSR count). The monoisotopic (exact) mass is 488 g/mol. The first-order valence-electron chi connectivity index (χ1n) is 9.16. The molecule has 6 N–H and O–H groups in total. The lowest BCUT2D eigenvalue weighted by atomic mass is 10.2. The summed E-state index contributed by atoms with van der Waals surface area (Å²) in [6, 6.07) is 11.3. The lowest BCUT2D eigenvalue weighted by molar-refractivity contribution is -0.135. The zero-order chi connectivity index (χ0) is 23.2. The van der Waals surface area contributed by atoms with Crippen molar-refractivity contribution >= 4 is 47.1 Å². The van der Waals surface area contributed by atoms with Crippen LogP contribution in [0.2, 0.25) is 10.0 Å². The zero-order valence-corrected chi connectivity index (χ0v) is 19.6. The molecular weight excluding hydrogens is 463 g/mol. The molecule has 2 aromatic carbocycles. The van der Waals surface area contributed by atoms with Crippen LogP contribution in [0.15, 0.2) is 46.4 Å². The van der Waals surface area contributed by atoms with Crippen LogP contribution in [-0.4, -0.2) is 36.8 Å². The van der Waals surface area contributed by atoms with Gasteiger partial charge < -0.3 is 26.1 Å². The third kappa shape index (κ3) is 12.2. The lowest BCUT2D eigenvalue weighted by Gasteiger charge is -2.08. The molecule has 11 heteroatoms. The molecule has 0 atom stereocenters. The van der Waals surface area contributed by atoms with Crippen LogP contribution >= 0.6 is 35.1 Å². The van der Waals surface area contributed by atoms with E-state index in [9.17, 15) is 4.79 Å². The number of guanidine groups is 1. The Morgan fingerprint density at radius 3 is 2.42 bits per heavy atom. The highest BCUT2D eigenvalue weighted by atomic mass is 35.5. The quantitative estimate of drug-likeness (QED) is 0.130. The molecule has 0 spiro atoms. The molecule has 0 aliphatic carbocycles. The Morgan fingerprint density at radius 2 is 1.84 bits per heavy atom. The van der Waals surface area contributed by atoms with Crippen LogP contribution in [0.3, 0.4) is 0 Å². The predicted octanol–water partition coefficient (Wildman–Crippen LogP) is 3.95. The van der Waals surface area contributed by atoms with Gasteiger partial charge in [0.2, 0.25) is 5.96 Å². The highest BCUT2D eigenvalue weighted by Crippen LogP contribution is 2.31. The molecule has 31 heavy (non-hydrogen) atoms. The van der Waals surface area contributed by atoms with Crippen molar-refractivity contribution in [3.8, 4) is 5.75 Å². The second kappa shape index (κ2) is 14.6. The minimum atomic E-state index is -0.912. The Bertz CT molecular complexity index is 840. The van der Waals surface area contributed by atoms with Crippen molar-refractivity contribution in [1.82, 2.24) is 4.72 Å². The van der Waals surface area contributed by atoms with Crippen LogP contribution in [0.1, 0.15) is 17.5 Å². The number of hydrogen-bond donors (Lipinski definition) is 4. The minimum Gasteiger partial charge on any atom is -0.493 e. The summed E-state index contributed by atoms with van der Waals surface area (Å²) in [6.07, 6.45) is 0.727. The van der Waals surface area contributed by atoms with E-state index in [1.165, 1.54) is 17.5 Å². The third-order valence-electron chi connectivity index (χ3n) is 3.43. The molecule has 0 unspecified atom stereocenters. The van der Waals surface area contributed by atoms with Gasteiger partial charge in [-0.2, -0.15) is 0 Å². The molecule has 0 heterocycles. The van der Waals surface area contributed by atoms with Crippen LogP contribution in [0.4, 0.5) is 0 Å². The summed E-state index contributed by atoms with van der Waals surface area (Å²) in [5.74, 6) is -0.128. The highest BCUT2D eigenvalue weighted by molar-refractivity contribution is 7.97. The number of carbonyl (C=O) groups is 1. The number of benzene rings is 2. The largest absolute Gasteiger partial charge is 0.493 e. The molecule has 0 fully saturated rings. The summed E-state index contributed by atoms with van der Waals surface area (Å²) in [5.41, 5.74) is 12.3. The normalized spacial score (nSPS) is 9.94. The van der Waals surface area contributed by atoms with Gasteiger partial charge in [0.05, 0.1) is 11.6 Å². The Hall–Kier alpha value is -2.33. The van der Waals surface area contributed by atoms with E-state index in [0.717, 1.165) is 22.6 Å². The Morgan fingerprint density at radius 1 is 1.16 bits per heavy atom. The van der Waals surface area contributed by atoms with Crippen LogP contribution in [0.5, 0.6) is 5.75 Å². The van der Waals surface area contributed by atoms with Crippen molar-refractivity contribution in [3.63, 3.8) is 0 Å². The fraction of sp³-hybridized carbons (Fsp3) is 0.300. The van der Waals surface area contributed by atoms with Gasteiger partial charge >= 0.3 is 5.97 Å². The van der Waals surface area contributed by atoms with Gasteiger partial charge in [-0.25, -0.2) is 4.72 Å². The Kier molecular flexibility index (Phi) is 12.6. The minimum absolute atomic E-state index is 0.0700. The van der Waals surface area contributed by atoms with Crippen molar-refractivity contribution in [2.75, 3.05) is 19.8 Å². The summed E-state index contributed by atoms with van der Waals surface area (Å²) in [7, 11) is 0. The van der Waals surface area contributed by atoms with Gasteiger partial charge in [0.1, 0.15) is 18.9 Å². The Labute approximate surface area is 196 Å². The van der Waals surface area contributed by atoms with Gasteiger partial charge in [0, 0.05) is 16.3 Å². The zero-order valence-electron chi connectivity index (χ0n) is 17.2. The predicted molar refractivity (Wildman–Crippen MR) is 126 cm³/mol. The standard InChI is InChI=1S/C11H17N3O2.C9H9Cl2NO2S/c1-9-3-5-10(6-4-9)15-7-2-8-16-14-11(12)13;1-5-2-6(10)3-7(11)9(5)15-12-4-8(13)14/h3-6H,2,7-8H2,1H3,(H4,12,13,14);2-3,12H,4H2,1H3,(H,13,14). The Balaban J connectivity index is 0.000000311. The number of aryl methyl sites for hydroxylation is 2. The molecule has 0 bridgehead atoms.